The van der Waals surface area contributed by atoms with Crippen LogP contribution in [0.5, 0.6) is 0 Å². The molecule has 31 heavy (non-hydrogen) atoms. The number of carbonyl (C=O) groups is 1. The standard InChI is InChI=1S/C25H27ClO5/c1-4-28-22(27)15-20-21(29-24-23(20)30-25(2,3)31-24)14-7-16-5-8-17(9-6-16)18-10-12-19(26)13-11-18/h5-14,20-21,23-24H,4,15H2,1-3H3/b14-7+/t20-,21-,23-,24-/m1/s1. The Balaban J connectivity index is 1.47. The van der Waals surface area contributed by atoms with Crippen molar-refractivity contribution in [3.05, 3.63) is 65.2 Å². The van der Waals surface area contributed by atoms with Crippen molar-refractivity contribution in [3.8, 4) is 11.1 Å². The molecule has 0 amide bonds. The van der Waals surface area contributed by atoms with Gasteiger partial charge in [0.2, 0.25) is 0 Å². The molecular weight excluding hydrogens is 416 g/mol. The lowest BCUT2D eigenvalue weighted by molar-refractivity contribution is -0.205. The molecule has 2 aromatic rings. The van der Waals surface area contributed by atoms with Crippen LogP contribution in [0.4, 0.5) is 0 Å². The Morgan fingerprint density at radius 3 is 2.35 bits per heavy atom. The quantitative estimate of drug-likeness (QED) is 0.555. The van der Waals surface area contributed by atoms with E-state index in [1.165, 1.54) is 0 Å². The van der Waals surface area contributed by atoms with Gasteiger partial charge in [-0.05, 0) is 49.6 Å². The van der Waals surface area contributed by atoms with E-state index in [9.17, 15) is 4.79 Å². The molecule has 2 aliphatic rings. The molecule has 2 aliphatic heterocycles. The van der Waals surface area contributed by atoms with Crippen LogP contribution in [0.25, 0.3) is 17.2 Å². The van der Waals surface area contributed by atoms with Gasteiger partial charge in [-0.15, -0.1) is 0 Å². The zero-order valence-corrected chi connectivity index (χ0v) is 18.7. The van der Waals surface area contributed by atoms with E-state index in [-0.39, 0.29) is 30.5 Å². The Bertz CT molecular complexity index is 935. The monoisotopic (exact) mass is 442 g/mol. The number of carbonyl (C=O) groups excluding carboxylic acids is 1. The Morgan fingerprint density at radius 2 is 1.71 bits per heavy atom. The lowest BCUT2D eigenvalue weighted by Gasteiger charge is -2.23. The molecule has 0 unspecified atom stereocenters. The summed E-state index contributed by atoms with van der Waals surface area (Å²) >= 11 is 5.97. The van der Waals surface area contributed by atoms with Gasteiger partial charge in [-0.3, -0.25) is 4.79 Å². The fourth-order valence-corrected chi connectivity index (χ4v) is 4.19. The number of ether oxygens (including phenoxy) is 4. The third-order valence-corrected chi connectivity index (χ3v) is 5.75. The predicted molar refractivity (Wildman–Crippen MR) is 119 cm³/mol. The first-order valence-corrected chi connectivity index (χ1v) is 10.9. The Labute approximate surface area is 187 Å². The average molecular weight is 443 g/mol. The van der Waals surface area contributed by atoms with Crippen molar-refractivity contribution in [2.45, 2.75) is 51.5 Å². The van der Waals surface area contributed by atoms with Crippen LogP contribution in [0.3, 0.4) is 0 Å². The van der Waals surface area contributed by atoms with Crippen molar-refractivity contribution in [3.63, 3.8) is 0 Å². The topological polar surface area (TPSA) is 54.0 Å². The fraction of sp³-hybridized carbons (Fsp3) is 0.400. The zero-order valence-electron chi connectivity index (χ0n) is 17.9. The van der Waals surface area contributed by atoms with Crippen LogP contribution >= 0.6 is 11.6 Å². The van der Waals surface area contributed by atoms with E-state index in [4.69, 9.17) is 30.5 Å². The number of benzene rings is 2. The van der Waals surface area contributed by atoms with Crippen LogP contribution in [0, 0.1) is 5.92 Å². The second kappa shape index (κ2) is 9.13. The summed E-state index contributed by atoms with van der Waals surface area (Å²) in [6, 6.07) is 16.0. The average Bonchev–Trinajstić information content (AvgIpc) is 3.19. The molecule has 0 spiro atoms. The first-order valence-electron chi connectivity index (χ1n) is 10.6. The summed E-state index contributed by atoms with van der Waals surface area (Å²) in [5.41, 5.74) is 3.26. The van der Waals surface area contributed by atoms with Crippen molar-refractivity contribution in [1.29, 1.82) is 0 Å². The smallest absolute Gasteiger partial charge is 0.306 e. The van der Waals surface area contributed by atoms with Crippen LogP contribution in [-0.2, 0) is 23.7 Å². The van der Waals surface area contributed by atoms with E-state index in [2.05, 4.69) is 12.1 Å². The van der Waals surface area contributed by atoms with Gasteiger partial charge in [0.25, 0.3) is 0 Å². The molecule has 0 radical (unpaired) electrons. The van der Waals surface area contributed by atoms with Crippen molar-refractivity contribution in [2.24, 2.45) is 5.92 Å². The fourth-order valence-electron chi connectivity index (χ4n) is 4.06. The molecule has 6 heteroatoms. The number of halogens is 1. The van der Waals surface area contributed by atoms with Crippen molar-refractivity contribution >= 4 is 23.6 Å². The minimum atomic E-state index is -0.728. The highest BCUT2D eigenvalue weighted by molar-refractivity contribution is 6.30. The van der Waals surface area contributed by atoms with Gasteiger partial charge in [0.1, 0.15) is 6.10 Å². The normalized spacial score (nSPS) is 26.8. The molecule has 2 aromatic carbocycles. The predicted octanol–water partition coefficient (Wildman–Crippen LogP) is 5.47. The summed E-state index contributed by atoms with van der Waals surface area (Å²) in [6.45, 7) is 5.85. The minimum Gasteiger partial charge on any atom is -0.466 e. The van der Waals surface area contributed by atoms with E-state index in [1.54, 1.807) is 6.92 Å². The van der Waals surface area contributed by atoms with Crippen LogP contribution < -0.4 is 0 Å². The van der Waals surface area contributed by atoms with Crippen molar-refractivity contribution in [1.82, 2.24) is 0 Å². The number of rotatable bonds is 6. The second-order valence-electron chi connectivity index (χ2n) is 8.23. The van der Waals surface area contributed by atoms with Crippen LogP contribution in [-0.4, -0.2) is 36.9 Å². The van der Waals surface area contributed by atoms with Gasteiger partial charge in [0, 0.05) is 10.9 Å². The zero-order chi connectivity index (χ0) is 22.0. The molecule has 0 saturated carbocycles. The van der Waals surface area contributed by atoms with Gasteiger partial charge in [-0.1, -0.05) is 60.2 Å². The highest BCUT2D eigenvalue weighted by Gasteiger charge is 2.54. The number of hydrogen-bond acceptors (Lipinski definition) is 5. The molecule has 2 saturated heterocycles. The van der Waals surface area contributed by atoms with Gasteiger partial charge in [-0.2, -0.15) is 0 Å². The van der Waals surface area contributed by atoms with E-state index < -0.39 is 12.1 Å². The summed E-state index contributed by atoms with van der Waals surface area (Å²) in [5, 5.41) is 0.721. The van der Waals surface area contributed by atoms with Gasteiger partial charge < -0.3 is 18.9 Å². The molecule has 0 aliphatic carbocycles. The Hall–Kier alpha value is -2.18. The lowest BCUT2D eigenvalue weighted by Crippen LogP contribution is -2.31. The van der Waals surface area contributed by atoms with Gasteiger partial charge in [-0.25, -0.2) is 0 Å². The number of fused-ring (bicyclic) bond motifs is 1. The molecule has 4 atom stereocenters. The maximum absolute atomic E-state index is 12.2. The van der Waals surface area contributed by atoms with Crippen LogP contribution in [0.1, 0.15) is 32.8 Å². The van der Waals surface area contributed by atoms with Crippen LogP contribution in [0.2, 0.25) is 5.02 Å². The highest BCUT2D eigenvalue weighted by atomic mass is 35.5. The second-order valence-corrected chi connectivity index (χ2v) is 8.67. The third-order valence-electron chi connectivity index (χ3n) is 5.50. The number of esters is 1. The van der Waals surface area contributed by atoms with E-state index in [0.29, 0.717) is 6.61 Å². The molecule has 0 bridgehead atoms. The molecule has 2 fully saturated rings. The van der Waals surface area contributed by atoms with Gasteiger partial charge >= 0.3 is 5.97 Å². The summed E-state index contributed by atoms with van der Waals surface area (Å²) in [5.74, 6) is -1.15. The minimum absolute atomic E-state index is 0.171. The van der Waals surface area contributed by atoms with Crippen LogP contribution in [0.15, 0.2) is 54.6 Å². The largest absolute Gasteiger partial charge is 0.466 e. The SMILES string of the molecule is CCOC(=O)C[C@H]1[C@H]2OC(C)(C)O[C@H]2O[C@@H]1/C=C/c1ccc(-c2ccc(Cl)cc2)cc1. The molecule has 164 valence electrons. The third kappa shape index (κ3) is 5.18. The number of hydrogen-bond donors (Lipinski definition) is 0. The lowest BCUT2D eigenvalue weighted by atomic mass is 9.93. The van der Waals surface area contributed by atoms with Crippen molar-refractivity contribution < 1.29 is 23.7 Å². The summed E-state index contributed by atoms with van der Waals surface area (Å²) < 4.78 is 23.1. The van der Waals surface area contributed by atoms with Gasteiger partial charge in [0.15, 0.2) is 12.1 Å². The summed E-state index contributed by atoms with van der Waals surface area (Å²) in [4.78, 5) is 12.2. The molecule has 0 aromatic heterocycles. The Kier molecular flexibility index (Phi) is 6.49. The van der Waals surface area contributed by atoms with Gasteiger partial charge in [0.05, 0.1) is 19.1 Å². The molecule has 2 heterocycles. The first kappa shape index (κ1) is 22.0. The van der Waals surface area contributed by atoms with E-state index in [0.717, 1.165) is 21.7 Å². The molecular formula is C25H27ClO5. The van der Waals surface area contributed by atoms with Crippen molar-refractivity contribution in [2.75, 3.05) is 6.61 Å². The molecule has 5 nitrogen and oxygen atoms in total. The first-order chi connectivity index (χ1) is 14.8. The molecule has 0 N–H and O–H groups in total. The molecule has 4 rings (SSSR count). The summed E-state index contributed by atoms with van der Waals surface area (Å²) in [7, 11) is 0. The Morgan fingerprint density at radius 1 is 1.06 bits per heavy atom. The maximum Gasteiger partial charge on any atom is 0.306 e. The van der Waals surface area contributed by atoms with E-state index >= 15 is 0 Å². The highest BCUT2D eigenvalue weighted by Crippen LogP contribution is 2.42. The summed E-state index contributed by atoms with van der Waals surface area (Å²) in [6.07, 6.45) is 3.10. The van der Waals surface area contributed by atoms with E-state index in [1.807, 2.05) is 62.4 Å². The maximum atomic E-state index is 12.2.